The summed E-state index contributed by atoms with van der Waals surface area (Å²) in [6, 6.07) is 12.8. The number of hydrogen-bond donors (Lipinski definition) is 1. The first-order valence-electron chi connectivity index (χ1n) is 9.32. The van der Waals surface area contributed by atoms with Crippen LogP contribution in [0.3, 0.4) is 0 Å². The second-order valence-electron chi connectivity index (χ2n) is 6.68. The molecule has 0 saturated heterocycles. The van der Waals surface area contributed by atoms with Gasteiger partial charge in [-0.05, 0) is 48.4 Å². The monoisotopic (exact) mass is 429 g/mol. The molecule has 0 spiro atoms. The summed E-state index contributed by atoms with van der Waals surface area (Å²) >= 11 is 7.45. The third-order valence-corrected chi connectivity index (χ3v) is 5.87. The van der Waals surface area contributed by atoms with Crippen LogP contribution in [0.15, 0.2) is 48.5 Å². The lowest BCUT2D eigenvalue weighted by atomic mass is 10.1. The van der Waals surface area contributed by atoms with Crippen LogP contribution in [0, 0.1) is 11.6 Å². The Morgan fingerprint density at radius 2 is 1.83 bits per heavy atom. The SMILES string of the molecule is CCCCc1nc(Nc2ccc(F)c(Cl)c2)c2cc(-c3ccc(F)cc3)sc2n1. The maximum absolute atomic E-state index is 13.5. The first-order valence-corrected chi connectivity index (χ1v) is 10.5. The molecular weight excluding hydrogens is 412 g/mol. The van der Waals surface area contributed by atoms with Gasteiger partial charge >= 0.3 is 0 Å². The van der Waals surface area contributed by atoms with E-state index in [2.05, 4.69) is 12.2 Å². The van der Waals surface area contributed by atoms with Crippen molar-refractivity contribution in [3.05, 3.63) is 71.0 Å². The van der Waals surface area contributed by atoms with Crippen molar-refractivity contribution in [3.63, 3.8) is 0 Å². The maximum atomic E-state index is 13.5. The average Bonchev–Trinajstić information content (AvgIpc) is 3.14. The van der Waals surface area contributed by atoms with Gasteiger partial charge in [0.1, 0.15) is 28.1 Å². The number of aromatic nitrogens is 2. The van der Waals surface area contributed by atoms with E-state index in [1.807, 2.05) is 6.07 Å². The average molecular weight is 430 g/mol. The topological polar surface area (TPSA) is 37.8 Å². The molecule has 1 N–H and O–H groups in total. The van der Waals surface area contributed by atoms with Crippen LogP contribution < -0.4 is 5.32 Å². The minimum atomic E-state index is -0.470. The van der Waals surface area contributed by atoms with Gasteiger partial charge in [0.2, 0.25) is 0 Å². The molecular formula is C22H18ClF2N3S. The molecule has 0 saturated carbocycles. The Bertz CT molecular complexity index is 1160. The number of benzene rings is 2. The van der Waals surface area contributed by atoms with Crippen molar-refractivity contribution in [1.82, 2.24) is 9.97 Å². The Kier molecular flexibility index (Phi) is 5.74. The highest BCUT2D eigenvalue weighted by Crippen LogP contribution is 2.36. The molecule has 0 amide bonds. The zero-order valence-electron chi connectivity index (χ0n) is 15.7. The number of thiophene rings is 1. The van der Waals surface area contributed by atoms with Crippen LogP contribution in [0.1, 0.15) is 25.6 Å². The van der Waals surface area contributed by atoms with E-state index in [1.54, 1.807) is 18.2 Å². The van der Waals surface area contributed by atoms with Crippen molar-refractivity contribution in [2.24, 2.45) is 0 Å². The van der Waals surface area contributed by atoms with Gasteiger partial charge in [-0.2, -0.15) is 0 Å². The van der Waals surface area contributed by atoms with E-state index >= 15 is 0 Å². The molecule has 2 aromatic carbocycles. The fourth-order valence-electron chi connectivity index (χ4n) is 2.97. The summed E-state index contributed by atoms with van der Waals surface area (Å²) in [6.45, 7) is 2.12. The molecule has 0 aliphatic heterocycles. The third-order valence-electron chi connectivity index (χ3n) is 4.50. The van der Waals surface area contributed by atoms with E-state index in [0.717, 1.165) is 45.7 Å². The molecule has 2 aromatic heterocycles. The van der Waals surface area contributed by atoms with Gasteiger partial charge in [-0.25, -0.2) is 18.7 Å². The quantitative estimate of drug-likeness (QED) is 0.347. The predicted octanol–water partition coefficient (Wildman–Crippen LogP) is 7.38. The van der Waals surface area contributed by atoms with E-state index < -0.39 is 5.82 Å². The number of hydrogen-bond acceptors (Lipinski definition) is 4. The summed E-state index contributed by atoms with van der Waals surface area (Å²) in [5.41, 5.74) is 1.56. The number of aryl methyl sites for hydroxylation is 1. The van der Waals surface area contributed by atoms with Gasteiger partial charge in [-0.1, -0.05) is 37.1 Å². The highest BCUT2D eigenvalue weighted by atomic mass is 35.5. The molecule has 148 valence electrons. The Balaban J connectivity index is 1.78. The summed E-state index contributed by atoms with van der Waals surface area (Å²) in [6.07, 6.45) is 2.81. The standard InChI is InChI=1S/C22H18ClF2N3S/c1-2-3-4-20-27-21(26-15-9-10-18(25)17(23)11-15)16-12-19(29-22(16)28-20)13-5-7-14(24)8-6-13/h5-12H,2-4H2,1H3,(H,26,27,28). The lowest BCUT2D eigenvalue weighted by Crippen LogP contribution is -2.01. The van der Waals surface area contributed by atoms with Crippen molar-refractivity contribution in [3.8, 4) is 10.4 Å². The number of nitrogens with zero attached hydrogens (tertiary/aromatic N) is 2. The molecule has 29 heavy (non-hydrogen) atoms. The van der Waals surface area contributed by atoms with Crippen LogP contribution >= 0.6 is 22.9 Å². The van der Waals surface area contributed by atoms with Crippen LogP contribution in [0.4, 0.5) is 20.3 Å². The van der Waals surface area contributed by atoms with E-state index in [1.165, 1.54) is 35.6 Å². The van der Waals surface area contributed by atoms with Crippen molar-refractivity contribution >= 4 is 44.7 Å². The van der Waals surface area contributed by atoms with Gasteiger partial charge in [-0.15, -0.1) is 11.3 Å². The van der Waals surface area contributed by atoms with Gasteiger partial charge in [0.25, 0.3) is 0 Å². The molecule has 0 aliphatic rings. The second kappa shape index (κ2) is 8.43. The zero-order chi connectivity index (χ0) is 20.4. The van der Waals surface area contributed by atoms with Crippen LogP contribution in [-0.4, -0.2) is 9.97 Å². The summed E-state index contributed by atoms with van der Waals surface area (Å²) in [4.78, 5) is 11.2. The Morgan fingerprint density at radius 3 is 2.55 bits per heavy atom. The number of rotatable bonds is 6. The van der Waals surface area contributed by atoms with E-state index in [9.17, 15) is 8.78 Å². The Hall–Kier alpha value is -2.57. The summed E-state index contributed by atoms with van der Waals surface area (Å²) in [5.74, 6) is 0.658. The van der Waals surface area contributed by atoms with Crippen molar-refractivity contribution < 1.29 is 8.78 Å². The second-order valence-corrected chi connectivity index (χ2v) is 8.12. The molecule has 0 radical (unpaired) electrons. The van der Waals surface area contributed by atoms with Gasteiger partial charge < -0.3 is 5.32 Å². The predicted molar refractivity (Wildman–Crippen MR) is 116 cm³/mol. The lowest BCUT2D eigenvalue weighted by molar-refractivity contribution is 0.628. The van der Waals surface area contributed by atoms with E-state index in [0.29, 0.717) is 11.5 Å². The molecule has 4 rings (SSSR count). The minimum Gasteiger partial charge on any atom is -0.340 e. The van der Waals surface area contributed by atoms with E-state index in [-0.39, 0.29) is 10.8 Å². The number of halogens is 3. The van der Waals surface area contributed by atoms with Crippen molar-refractivity contribution in [1.29, 1.82) is 0 Å². The van der Waals surface area contributed by atoms with Gasteiger partial charge in [0.15, 0.2) is 0 Å². The lowest BCUT2D eigenvalue weighted by Gasteiger charge is -2.09. The largest absolute Gasteiger partial charge is 0.340 e. The highest BCUT2D eigenvalue weighted by Gasteiger charge is 2.14. The first kappa shape index (κ1) is 19.7. The molecule has 3 nitrogen and oxygen atoms in total. The number of anilines is 2. The Labute approximate surface area is 176 Å². The van der Waals surface area contributed by atoms with Crippen molar-refractivity contribution in [2.45, 2.75) is 26.2 Å². The van der Waals surface area contributed by atoms with Crippen molar-refractivity contribution in [2.75, 3.05) is 5.32 Å². The van der Waals surface area contributed by atoms with Gasteiger partial charge in [-0.3, -0.25) is 0 Å². The van der Waals surface area contributed by atoms with Crippen LogP contribution in [0.25, 0.3) is 20.7 Å². The van der Waals surface area contributed by atoms with Crippen LogP contribution in [0.5, 0.6) is 0 Å². The molecule has 0 aliphatic carbocycles. The number of nitrogens with one attached hydrogen (secondary N) is 1. The van der Waals surface area contributed by atoms with Gasteiger partial charge in [0, 0.05) is 17.0 Å². The maximum Gasteiger partial charge on any atom is 0.142 e. The third kappa shape index (κ3) is 4.38. The highest BCUT2D eigenvalue weighted by molar-refractivity contribution is 7.21. The number of fused-ring (bicyclic) bond motifs is 1. The first-order chi connectivity index (χ1) is 14.0. The molecule has 0 unspecified atom stereocenters. The van der Waals surface area contributed by atoms with Gasteiger partial charge in [0.05, 0.1) is 10.4 Å². The smallest absolute Gasteiger partial charge is 0.142 e. The summed E-state index contributed by atoms with van der Waals surface area (Å²) in [5, 5.41) is 4.15. The fourth-order valence-corrected chi connectivity index (χ4v) is 4.21. The molecule has 2 heterocycles. The normalized spacial score (nSPS) is 11.2. The Morgan fingerprint density at radius 1 is 1.03 bits per heavy atom. The number of unbranched alkanes of at least 4 members (excludes halogenated alkanes) is 1. The zero-order valence-corrected chi connectivity index (χ0v) is 17.2. The minimum absolute atomic E-state index is 0.0452. The summed E-state index contributed by atoms with van der Waals surface area (Å²) in [7, 11) is 0. The molecule has 4 aromatic rings. The molecule has 0 bridgehead atoms. The molecule has 0 atom stereocenters. The molecule has 7 heteroatoms. The van der Waals surface area contributed by atoms with E-state index in [4.69, 9.17) is 21.6 Å². The van der Waals surface area contributed by atoms with Crippen LogP contribution in [0.2, 0.25) is 5.02 Å². The summed E-state index contributed by atoms with van der Waals surface area (Å²) < 4.78 is 26.8. The van der Waals surface area contributed by atoms with Crippen LogP contribution in [-0.2, 0) is 6.42 Å². The molecule has 0 fully saturated rings. The fraction of sp³-hybridized carbons (Fsp3) is 0.182.